The molecule has 0 radical (unpaired) electrons. The fourth-order valence-corrected chi connectivity index (χ4v) is 2.45. The number of rotatable bonds is 3. The largest absolute Gasteiger partial charge is 0.465 e. The van der Waals surface area contributed by atoms with Crippen LogP contribution in [-0.4, -0.2) is 35.2 Å². The molecule has 0 aromatic heterocycles. The Hall–Kier alpha value is -1.55. The fraction of sp³-hybridized carbons (Fsp3) is 0.500. The molecule has 1 fully saturated rings. The van der Waals surface area contributed by atoms with Gasteiger partial charge in [-0.25, -0.2) is 4.79 Å². The SMILES string of the molecule is O=C(O)N(Cc1ccccc1)[C@@H]1CCCNCC1. The maximum atomic E-state index is 11.4. The first-order chi connectivity index (χ1) is 8.77. The topological polar surface area (TPSA) is 52.6 Å². The van der Waals surface area contributed by atoms with E-state index in [0.29, 0.717) is 6.54 Å². The highest BCUT2D eigenvalue weighted by Crippen LogP contribution is 2.17. The zero-order valence-electron chi connectivity index (χ0n) is 10.5. The van der Waals surface area contributed by atoms with Gasteiger partial charge in [0.2, 0.25) is 0 Å². The Bertz CT molecular complexity index is 373. The number of hydrogen-bond donors (Lipinski definition) is 2. The summed E-state index contributed by atoms with van der Waals surface area (Å²) >= 11 is 0. The van der Waals surface area contributed by atoms with Crippen LogP contribution in [0.3, 0.4) is 0 Å². The molecular formula is C14H20N2O2. The highest BCUT2D eigenvalue weighted by molar-refractivity contribution is 5.65. The summed E-state index contributed by atoms with van der Waals surface area (Å²) in [6, 6.07) is 9.94. The van der Waals surface area contributed by atoms with Gasteiger partial charge >= 0.3 is 6.09 Å². The van der Waals surface area contributed by atoms with E-state index in [1.165, 1.54) is 0 Å². The van der Waals surface area contributed by atoms with Crippen LogP contribution >= 0.6 is 0 Å². The molecule has 18 heavy (non-hydrogen) atoms. The summed E-state index contributed by atoms with van der Waals surface area (Å²) in [6.45, 7) is 2.39. The third-order valence-electron chi connectivity index (χ3n) is 3.43. The summed E-state index contributed by atoms with van der Waals surface area (Å²) < 4.78 is 0. The fourth-order valence-electron chi connectivity index (χ4n) is 2.45. The molecule has 4 heteroatoms. The van der Waals surface area contributed by atoms with E-state index in [2.05, 4.69) is 5.32 Å². The van der Waals surface area contributed by atoms with Gasteiger partial charge in [-0.15, -0.1) is 0 Å². The molecule has 1 atom stereocenters. The summed E-state index contributed by atoms with van der Waals surface area (Å²) in [5, 5.41) is 12.7. The summed E-state index contributed by atoms with van der Waals surface area (Å²) in [5.41, 5.74) is 1.05. The average Bonchev–Trinajstić information content (AvgIpc) is 2.65. The molecule has 0 unspecified atom stereocenters. The molecule has 1 aromatic rings. The first-order valence-electron chi connectivity index (χ1n) is 6.51. The molecule has 2 rings (SSSR count). The van der Waals surface area contributed by atoms with Gasteiger partial charge in [-0.05, 0) is 37.9 Å². The van der Waals surface area contributed by atoms with Crippen molar-refractivity contribution in [3.8, 4) is 0 Å². The van der Waals surface area contributed by atoms with Crippen molar-refractivity contribution < 1.29 is 9.90 Å². The van der Waals surface area contributed by atoms with Crippen molar-refractivity contribution in [2.24, 2.45) is 0 Å². The average molecular weight is 248 g/mol. The molecule has 0 aliphatic carbocycles. The van der Waals surface area contributed by atoms with Gasteiger partial charge in [0.25, 0.3) is 0 Å². The van der Waals surface area contributed by atoms with Crippen molar-refractivity contribution in [3.63, 3.8) is 0 Å². The van der Waals surface area contributed by atoms with Gasteiger partial charge in [-0.1, -0.05) is 30.3 Å². The molecular weight excluding hydrogens is 228 g/mol. The normalized spacial score (nSPS) is 20.1. The van der Waals surface area contributed by atoms with E-state index in [1.54, 1.807) is 4.90 Å². The summed E-state index contributed by atoms with van der Waals surface area (Å²) in [4.78, 5) is 13.0. The zero-order valence-corrected chi connectivity index (χ0v) is 10.5. The van der Waals surface area contributed by atoms with Gasteiger partial charge in [-0.3, -0.25) is 0 Å². The van der Waals surface area contributed by atoms with Gasteiger partial charge in [0, 0.05) is 12.6 Å². The van der Waals surface area contributed by atoms with Crippen LogP contribution in [0.25, 0.3) is 0 Å². The van der Waals surface area contributed by atoms with Crippen LogP contribution < -0.4 is 5.32 Å². The van der Waals surface area contributed by atoms with Gasteiger partial charge in [-0.2, -0.15) is 0 Å². The predicted octanol–water partition coefficient (Wildman–Crippen LogP) is 2.31. The Morgan fingerprint density at radius 1 is 1.28 bits per heavy atom. The van der Waals surface area contributed by atoms with Crippen LogP contribution in [0.4, 0.5) is 4.79 Å². The van der Waals surface area contributed by atoms with Crippen molar-refractivity contribution in [2.45, 2.75) is 31.8 Å². The Balaban J connectivity index is 2.05. The standard InChI is InChI=1S/C14H20N2O2/c17-14(18)16(11-12-5-2-1-3-6-12)13-7-4-9-15-10-8-13/h1-3,5-6,13,15H,4,7-11H2,(H,17,18)/t13-/m1/s1. The summed E-state index contributed by atoms with van der Waals surface area (Å²) in [7, 11) is 0. The monoisotopic (exact) mass is 248 g/mol. The minimum atomic E-state index is -0.814. The number of nitrogens with one attached hydrogen (secondary N) is 1. The molecule has 4 nitrogen and oxygen atoms in total. The lowest BCUT2D eigenvalue weighted by Crippen LogP contribution is -2.39. The molecule has 0 spiro atoms. The third-order valence-corrected chi connectivity index (χ3v) is 3.43. The molecule has 0 bridgehead atoms. The maximum Gasteiger partial charge on any atom is 0.407 e. The minimum absolute atomic E-state index is 0.137. The molecule has 98 valence electrons. The molecule has 1 saturated heterocycles. The number of hydrogen-bond acceptors (Lipinski definition) is 2. The Morgan fingerprint density at radius 2 is 2.06 bits per heavy atom. The Morgan fingerprint density at radius 3 is 2.78 bits per heavy atom. The number of carbonyl (C=O) groups is 1. The van der Waals surface area contributed by atoms with E-state index in [0.717, 1.165) is 37.9 Å². The molecule has 1 heterocycles. The van der Waals surface area contributed by atoms with Gasteiger partial charge in [0.05, 0.1) is 0 Å². The van der Waals surface area contributed by atoms with E-state index in [-0.39, 0.29) is 6.04 Å². The van der Waals surface area contributed by atoms with Crippen LogP contribution in [-0.2, 0) is 6.54 Å². The Labute approximate surface area is 108 Å². The lowest BCUT2D eigenvalue weighted by molar-refractivity contribution is 0.116. The van der Waals surface area contributed by atoms with E-state index >= 15 is 0 Å². The van der Waals surface area contributed by atoms with Crippen LogP contribution in [0, 0.1) is 0 Å². The number of benzene rings is 1. The second-order valence-electron chi connectivity index (χ2n) is 4.73. The minimum Gasteiger partial charge on any atom is -0.465 e. The quantitative estimate of drug-likeness (QED) is 0.863. The van der Waals surface area contributed by atoms with Crippen molar-refractivity contribution >= 4 is 6.09 Å². The van der Waals surface area contributed by atoms with Crippen molar-refractivity contribution in [1.29, 1.82) is 0 Å². The third kappa shape index (κ3) is 3.47. The van der Waals surface area contributed by atoms with E-state index < -0.39 is 6.09 Å². The van der Waals surface area contributed by atoms with Crippen LogP contribution in [0.1, 0.15) is 24.8 Å². The molecule has 1 aliphatic heterocycles. The first kappa shape index (κ1) is 12.9. The molecule has 0 saturated carbocycles. The van der Waals surface area contributed by atoms with Crippen LogP contribution in [0.15, 0.2) is 30.3 Å². The van der Waals surface area contributed by atoms with Crippen molar-refractivity contribution in [2.75, 3.05) is 13.1 Å². The predicted molar refractivity (Wildman–Crippen MR) is 70.5 cm³/mol. The summed E-state index contributed by atoms with van der Waals surface area (Å²) in [5.74, 6) is 0. The van der Waals surface area contributed by atoms with Gasteiger partial charge in [0.15, 0.2) is 0 Å². The second kappa shape index (κ2) is 6.40. The summed E-state index contributed by atoms with van der Waals surface area (Å²) in [6.07, 6.45) is 2.08. The van der Waals surface area contributed by atoms with Crippen LogP contribution in [0.2, 0.25) is 0 Å². The molecule has 1 amide bonds. The molecule has 1 aromatic carbocycles. The molecule has 1 aliphatic rings. The van der Waals surface area contributed by atoms with Gasteiger partial charge < -0.3 is 15.3 Å². The maximum absolute atomic E-state index is 11.4. The van der Waals surface area contributed by atoms with Gasteiger partial charge in [0.1, 0.15) is 0 Å². The Kier molecular flexibility index (Phi) is 4.59. The zero-order chi connectivity index (χ0) is 12.8. The lowest BCUT2D eigenvalue weighted by Gasteiger charge is -2.28. The smallest absolute Gasteiger partial charge is 0.407 e. The lowest BCUT2D eigenvalue weighted by atomic mass is 10.1. The highest BCUT2D eigenvalue weighted by Gasteiger charge is 2.24. The highest BCUT2D eigenvalue weighted by atomic mass is 16.4. The van der Waals surface area contributed by atoms with E-state index in [4.69, 9.17) is 0 Å². The van der Waals surface area contributed by atoms with Crippen molar-refractivity contribution in [1.82, 2.24) is 10.2 Å². The van der Waals surface area contributed by atoms with Crippen molar-refractivity contribution in [3.05, 3.63) is 35.9 Å². The number of nitrogens with zero attached hydrogens (tertiary/aromatic N) is 1. The number of carboxylic acid groups (broad SMARTS) is 1. The molecule has 2 N–H and O–H groups in total. The van der Waals surface area contributed by atoms with E-state index in [9.17, 15) is 9.90 Å². The number of amides is 1. The van der Waals surface area contributed by atoms with E-state index in [1.807, 2.05) is 30.3 Å². The first-order valence-corrected chi connectivity index (χ1v) is 6.51. The van der Waals surface area contributed by atoms with Crippen LogP contribution in [0.5, 0.6) is 0 Å². The second-order valence-corrected chi connectivity index (χ2v) is 4.73.